The second kappa shape index (κ2) is 5.35. The minimum absolute atomic E-state index is 0.179. The lowest BCUT2D eigenvalue weighted by Gasteiger charge is -2.27. The van der Waals surface area contributed by atoms with Crippen LogP contribution in [0.5, 0.6) is 0 Å². The molecule has 0 amide bonds. The van der Waals surface area contributed by atoms with Gasteiger partial charge in [0.15, 0.2) is 0 Å². The highest BCUT2D eigenvalue weighted by molar-refractivity contribution is 7.86. The molecule has 20 heavy (non-hydrogen) atoms. The van der Waals surface area contributed by atoms with Crippen LogP contribution in [-0.2, 0) is 16.8 Å². The summed E-state index contributed by atoms with van der Waals surface area (Å²) in [5.74, 6) is 0. The summed E-state index contributed by atoms with van der Waals surface area (Å²) in [6.07, 6.45) is 3.89. The first-order valence-electron chi connectivity index (χ1n) is 7.19. The zero-order valence-corrected chi connectivity index (χ0v) is 12.3. The second-order valence-electron chi connectivity index (χ2n) is 5.63. The molecule has 0 spiro atoms. The number of nitrogens with zero attached hydrogens (tertiary/aromatic N) is 2. The summed E-state index contributed by atoms with van der Waals surface area (Å²) in [5.41, 5.74) is 7.37. The molecule has 1 heterocycles. The van der Waals surface area contributed by atoms with Crippen molar-refractivity contribution in [3.63, 3.8) is 0 Å². The van der Waals surface area contributed by atoms with E-state index in [9.17, 15) is 8.42 Å². The Balaban J connectivity index is 1.80. The van der Waals surface area contributed by atoms with Gasteiger partial charge in [-0.3, -0.25) is 0 Å². The van der Waals surface area contributed by atoms with Gasteiger partial charge in [0.2, 0.25) is 0 Å². The molecule has 0 atom stereocenters. The fourth-order valence-electron chi connectivity index (χ4n) is 2.63. The number of rotatable bonds is 5. The predicted octanol–water partition coefficient (Wildman–Crippen LogP) is 1.57. The molecule has 2 N–H and O–H groups in total. The first-order chi connectivity index (χ1) is 9.57. The van der Waals surface area contributed by atoms with Crippen molar-refractivity contribution >= 4 is 15.9 Å². The van der Waals surface area contributed by atoms with Gasteiger partial charge in [0.05, 0.1) is 0 Å². The third kappa shape index (κ3) is 2.82. The van der Waals surface area contributed by atoms with Crippen molar-refractivity contribution in [3.8, 4) is 0 Å². The van der Waals surface area contributed by atoms with Crippen LogP contribution >= 0.6 is 0 Å². The molecule has 1 aromatic rings. The van der Waals surface area contributed by atoms with Gasteiger partial charge in [0.25, 0.3) is 10.2 Å². The van der Waals surface area contributed by atoms with E-state index in [0.29, 0.717) is 25.3 Å². The summed E-state index contributed by atoms with van der Waals surface area (Å²) in [6.45, 7) is 1.77. The minimum Gasteiger partial charge on any atom is -0.399 e. The third-order valence-corrected chi connectivity index (χ3v) is 6.00. The van der Waals surface area contributed by atoms with Crippen molar-refractivity contribution < 1.29 is 8.42 Å². The Hall–Kier alpha value is -1.11. The van der Waals surface area contributed by atoms with Crippen LogP contribution in [0.25, 0.3) is 0 Å². The molecule has 1 aliphatic heterocycles. The van der Waals surface area contributed by atoms with Crippen LogP contribution in [0, 0.1) is 0 Å². The lowest BCUT2D eigenvalue weighted by Crippen LogP contribution is -2.43. The molecular formula is C14H21N3O2S. The van der Waals surface area contributed by atoms with Gasteiger partial charge in [0, 0.05) is 31.4 Å². The SMILES string of the molecule is Nc1ccc(CN(C2CC2)S(=O)(=O)N2CCCC2)cc1. The van der Waals surface area contributed by atoms with Crippen molar-refractivity contribution in [3.05, 3.63) is 29.8 Å². The monoisotopic (exact) mass is 295 g/mol. The minimum atomic E-state index is -3.31. The fourth-order valence-corrected chi connectivity index (χ4v) is 4.55. The van der Waals surface area contributed by atoms with Crippen LogP contribution in [0.2, 0.25) is 0 Å². The molecule has 3 rings (SSSR count). The molecule has 1 aliphatic carbocycles. The number of hydrogen-bond donors (Lipinski definition) is 1. The number of nitrogen functional groups attached to an aromatic ring is 1. The Morgan fingerprint density at radius 1 is 1.15 bits per heavy atom. The van der Waals surface area contributed by atoms with Crippen molar-refractivity contribution in [2.45, 2.75) is 38.3 Å². The van der Waals surface area contributed by atoms with E-state index in [4.69, 9.17) is 5.73 Å². The van der Waals surface area contributed by atoms with E-state index in [-0.39, 0.29) is 6.04 Å². The Kier molecular flexibility index (Phi) is 3.70. The summed E-state index contributed by atoms with van der Waals surface area (Å²) < 4.78 is 28.7. The largest absolute Gasteiger partial charge is 0.399 e. The highest BCUT2D eigenvalue weighted by Gasteiger charge is 2.40. The molecule has 1 saturated heterocycles. The average Bonchev–Trinajstić information content (AvgIpc) is 3.09. The number of hydrogen-bond acceptors (Lipinski definition) is 3. The number of anilines is 1. The lowest BCUT2D eigenvalue weighted by molar-refractivity contribution is 0.349. The summed E-state index contributed by atoms with van der Waals surface area (Å²) >= 11 is 0. The van der Waals surface area contributed by atoms with Crippen LogP contribution in [0.4, 0.5) is 5.69 Å². The normalized spacial score (nSPS) is 20.6. The van der Waals surface area contributed by atoms with E-state index in [2.05, 4.69) is 0 Å². The van der Waals surface area contributed by atoms with Gasteiger partial charge in [0.1, 0.15) is 0 Å². The molecule has 0 radical (unpaired) electrons. The van der Waals surface area contributed by atoms with Gasteiger partial charge in [-0.1, -0.05) is 12.1 Å². The second-order valence-corrected chi connectivity index (χ2v) is 7.51. The van der Waals surface area contributed by atoms with Crippen LogP contribution in [0.15, 0.2) is 24.3 Å². The first kappa shape index (κ1) is 13.9. The molecule has 6 heteroatoms. The Labute approximate surface area is 120 Å². The molecule has 0 unspecified atom stereocenters. The van der Waals surface area contributed by atoms with Crippen LogP contribution in [-0.4, -0.2) is 36.2 Å². The summed E-state index contributed by atoms with van der Waals surface area (Å²) in [5, 5.41) is 0. The quantitative estimate of drug-likeness (QED) is 0.839. The fraction of sp³-hybridized carbons (Fsp3) is 0.571. The maximum atomic E-state index is 12.7. The number of benzene rings is 1. The van der Waals surface area contributed by atoms with Gasteiger partial charge >= 0.3 is 0 Å². The molecule has 1 saturated carbocycles. The molecule has 0 bridgehead atoms. The van der Waals surface area contributed by atoms with E-state index in [1.54, 1.807) is 8.61 Å². The Morgan fingerprint density at radius 3 is 2.30 bits per heavy atom. The van der Waals surface area contributed by atoms with Crippen molar-refractivity contribution in [2.24, 2.45) is 0 Å². The average molecular weight is 295 g/mol. The molecule has 5 nitrogen and oxygen atoms in total. The maximum absolute atomic E-state index is 12.7. The van der Waals surface area contributed by atoms with E-state index in [0.717, 1.165) is 31.2 Å². The molecule has 2 aliphatic rings. The van der Waals surface area contributed by atoms with Crippen LogP contribution < -0.4 is 5.73 Å². The van der Waals surface area contributed by atoms with Crippen molar-refractivity contribution in [1.82, 2.24) is 8.61 Å². The van der Waals surface area contributed by atoms with Gasteiger partial charge in [-0.25, -0.2) is 0 Å². The third-order valence-electron chi connectivity index (χ3n) is 3.96. The van der Waals surface area contributed by atoms with Gasteiger partial charge < -0.3 is 5.73 Å². The lowest BCUT2D eigenvalue weighted by atomic mass is 10.2. The Bertz CT molecular complexity index is 561. The molecule has 2 fully saturated rings. The molecule has 0 aromatic heterocycles. The van der Waals surface area contributed by atoms with E-state index < -0.39 is 10.2 Å². The number of nitrogens with two attached hydrogens (primary N) is 1. The van der Waals surface area contributed by atoms with Crippen molar-refractivity contribution in [2.75, 3.05) is 18.8 Å². The predicted molar refractivity (Wildman–Crippen MR) is 79.1 cm³/mol. The van der Waals surface area contributed by atoms with E-state index in [1.165, 1.54) is 0 Å². The van der Waals surface area contributed by atoms with Crippen molar-refractivity contribution in [1.29, 1.82) is 0 Å². The van der Waals surface area contributed by atoms with Gasteiger partial charge in [-0.15, -0.1) is 0 Å². The first-order valence-corrected chi connectivity index (χ1v) is 8.58. The summed E-state index contributed by atoms with van der Waals surface area (Å²) in [6, 6.07) is 7.64. The van der Waals surface area contributed by atoms with Crippen LogP contribution in [0.3, 0.4) is 0 Å². The summed E-state index contributed by atoms with van der Waals surface area (Å²) in [7, 11) is -3.31. The van der Waals surface area contributed by atoms with Gasteiger partial charge in [-0.05, 0) is 43.4 Å². The zero-order chi connectivity index (χ0) is 14.2. The van der Waals surface area contributed by atoms with E-state index in [1.807, 2.05) is 24.3 Å². The Morgan fingerprint density at radius 2 is 1.75 bits per heavy atom. The highest BCUT2D eigenvalue weighted by Crippen LogP contribution is 2.33. The molecular weight excluding hydrogens is 274 g/mol. The van der Waals surface area contributed by atoms with E-state index >= 15 is 0 Å². The smallest absolute Gasteiger partial charge is 0.282 e. The zero-order valence-electron chi connectivity index (χ0n) is 11.5. The molecule has 1 aromatic carbocycles. The standard InChI is InChI=1S/C14H21N3O2S/c15-13-5-3-12(4-6-13)11-17(14-7-8-14)20(18,19)16-9-1-2-10-16/h3-6,14H,1-2,7-11,15H2. The van der Waals surface area contributed by atoms with Crippen LogP contribution in [0.1, 0.15) is 31.2 Å². The highest BCUT2D eigenvalue weighted by atomic mass is 32.2. The molecule has 110 valence electrons. The topological polar surface area (TPSA) is 66.6 Å². The maximum Gasteiger partial charge on any atom is 0.282 e. The van der Waals surface area contributed by atoms with Gasteiger partial charge in [-0.2, -0.15) is 17.0 Å². The summed E-state index contributed by atoms with van der Waals surface area (Å²) in [4.78, 5) is 0.